The molecule has 4 rings (SSSR count). The number of benzene rings is 1. The molecule has 1 saturated carbocycles. The SMILES string of the molecule is O=C(NCC1CCC1)c1[nH]c(=O)ccc1NC(=O)c1ccnc2ccccc12. The molecule has 0 unspecified atom stereocenters. The second-order valence-corrected chi connectivity index (χ2v) is 6.95. The van der Waals surface area contributed by atoms with Gasteiger partial charge in [-0.3, -0.25) is 19.4 Å². The Hall–Kier alpha value is -3.48. The predicted molar refractivity (Wildman–Crippen MR) is 106 cm³/mol. The highest BCUT2D eigenvalue weighted by Crippen LogP contribution is 2.25. The molecule has 0 spiro atoms. The molecule has 7 heteroatoms. The predicted octanol–water partition coefficient (Wildman–Crippen LogP) is 2.71. The summed E-state index contributed by atoms with van der Waals surface area (Å²) >= 11 is 0. The molecule has 0 atom stereocenters. The van der Waals surface area contributed by atoms with Crippen LogP contribution in [-0.4, -0.2) is 28.3 Å². The van der Waals surface area contributed by atoms with Gasteiger partial charge < -0.3 is 15.6 Å². The highest BCUT2D eigenvalue weighted by molar-refractivity contribution is 6.14. The van der Waals surface area contributed by atoms with Gasteiger partial charge in [0.2, 0.25) is 5.56 Å². The van der Waals surface area contributed by atoms with Crippen molar-refractivity contribution in [3.05, 3.63) is 70.3 Å². The van der Waals surface area contributed by atoms with E-state index in [-0.39, 0.29) is 17.3 Å². The number of nitrogens with zero attached hydrogens (tertiary/aromatic N) is 1. The number of rotatable bonds is 5. The van der Waals surface area contributed by atoms with Gasteiger partial charge in [0, 0.05) is 24.2 Å². The first-order valence-electron chi connectivity index (χ1n) is 9.28. The molecule has 0 aliphatic heterocycles. The second kappa shape index (κ2) is 7.64. The highest BCUT2D eigenvalue weighted by Gasteiger charge is 2.21. The van der Waals surface area contributed by atoms with Crippen LogP contribution in [-0.2, 0) is 0 Å². The first-order chi connectivity index (χ1) is 13.6. The quantitative estimate of drug-likeness (QED) is 0.637. The van der Waals surface area contributed by atoms with Gasteiger partial charge in [-0.1, -0.05) is 24.6 Å². The van der Waals surface area contributed by atoms with Gasteiger partial charge in [-0.15, -0.1) is 0 Å². The van der Waals surface area contributed by atoms with Crippen LogP contribution in [0.3, 0.4) is 0 Å². The molecule has 3 N–H and O–H groups in total. The zero-order valence-electron chi connectivity index (χ0n) is 15.2. The van der Waals surface area contributed by atoms with Crippen molar-refractivity contribution in [1.82, 2.24) is 15.3 Å². The smallest absolute Gasteiger partial charge is 0.269 e. The minimum absolute atomic E-state index is 0.0542. The minimum atomic E-state index is -0.403. The average Bonchev–Trinajstić information content (AvgIpc) is 2.67. The van der Waals surface area contributed by atoms with Gasteiger partial charge in [0.25, 0.3) is 11.8 Å². The van der Waals surface area contributed by atoms with Gasteiger partial charge in [-0.05, 0) is 37.0 Å². The number of nitrogens with one attached hydrogen (secondary N) is 3. The maximum Gasteiger partial charge on any atom is 0.269 e. The van der Waals surface area contributed by atoms with Crippen molar-refractivity contribution in [2.45, 2.75) is 19.3 Å². The third kappa shape index (κ3) is 3.64. The Morgan fingerprint density at radius 3 is 2.68 bits per heavy atom. The molecule has 142 valence electrons. The molecular formula is C21H20N4O3. The Morgan fingerprint density at radius 2 is 1.89 bits per heavy atom. The molecule has 2 heterocycles. The molecule has 0 radical (unpaired) electrons. The van der Waals surface area contributed by atoms with Crippen LogP contribution in [0.4, 0.5) is 5.69 Å². The van der Waals surface area contributed by atoms with Crippen LogP contribution in [0.2, 0.25) is 0 Å². The normalized spacial score (nSPS) is 13.7. The van der Waals surface area contributed by atoms with Crippen LogP contribution in [0.5, 0.6) is 0 Å². The summed E-state index contributed by atoms with van der Waals surface area (Å²) in [4.78, 5) is 43.9. The number of aromatic amines is 1. The lowest BCUT2D eigenvalue weighted by atomic mass is 9.85. The molecular weight excluding hydrogens is 356 g/mol. The Labute approximate surface area is 161 Å². The maximum atomic E-state index is 12.8. The van der Waals surface area contributed by atoms with E-state index in [9.17, 15) is 14.4 Å². The molecule has 3 aromatic rings. The van der Waals surface area contributed by atoms with Crippen molar-refractivity contribution in [2.24, 2.45) is 5.92 Å². The van der Waals surface area contributed by atoms with Gasteiger partial charge in [-0.25, -0.2) is 0 Å². The Kier molecular flexibility index (Phi) is 4.89. The lowest BCUT2D eigenvalue weighted by Crippen LogP contribution is -2.34. The molecule has 2 aromatic heterocycles. The van der Waals surface area contributed by atoms with E-state index in [2.05, 4.69) is 20.6 Å². The van der Waals surface area contributed by atoms with Crippen LogP contribution in [0, 0.1) is 5.92 Å². The first-order valence-corrected chi connectivity index (χ1v) is 9.28. The molecule has 0 saturated heterocycles. The van der Waals surface area contributed by atoms with E-state index in [1.807, 2.05) is 24.3 Å². The summed E-state index contributed by atoms with van der Waals surface area (Å²) in [5.74, 6) is -0.293. The lowest BCUT2D eigenvalue weighted by molar-refractivity contribution is 0.0935. The van der Waals surface area contributed by atoms with Gasteiger partial charge in [0.15, 0.2) is 0 Å². The Morgan fingerprint density at radius 1 is 1.07 bits per heavy atom. The van der Waals surface area contributed by atoms with E-state index in [1.54, 1.807) is 12.3 Å². The van der Waals surface area contributed by atoms with Crippen LogP contribution < -0.4 is 16.2 Å². The van der Waals surface area contributed by atoms with Crippen molar-refractivity contribution in [3.63, 3.8) is 0 Å². The topological polar surface area (TPSA) is 104 Å². The van der Waals surface area contributed by atoms with Crippen LogP contribution >= 0.6 is 0 Å². The monoisotopic (exact) mass is 376 g/mol. The van der Waals surface area contributed by atoms with Gasteiger partial charge in [-0.2, -0.15) is 0 Å². The fraction of sp³-hybridized carbons (Fsp3) is 0.238. The fourth-order valence-electron chi connectivity index (χ4n) is 3.26. The maximum absolute atomic E-state index is 12.8. The number of para-hydroxylation sites is 1. The number of anilines is 1. The van der Waals surface area contributed by atoms with Crippen molar-refractivity contribution in [1.29, 1.82) is 0 Å². The van der Waals surface area contributed by atoms with E-state index < -0.39 is 11.5 Å². The van der Waals surface area contributed by atoms with Gasteiger partial charge in [0.1, 0.15) is 5.69 Å². The lowest BCUT2D eigenvalue weighted by Gasteiger charge is -2.25. The number of amides is 2. The summed E-state index contributed by atoms with van der Waals surface area (Å²) in [5, 5.41) is 6.30. The molecule has 28 heavy (non-hydrogen) atoms. The van der Waals surface area contributed by atoms with Crippen molar-refractivity contribution >= 4 is 28.4 Å². The molecule has 7 nitrogen and oxygen atoms in total. The molecule has 1 aliphatic rings. The third-order valence-electron chi connectivity index (χ3n) is 5.06. The van der Waals surface area contributed by atoms with Gasteiger partial charge in [0.05, 0.1) is 16.8 Å². The van der Waals surface area contributed by atoms with Gasteiger partial charge >= 0.3 is 0 Å². The molecule has 1 fully saturated rings. The number of hydrogen-bond donors (Lipinski definition) is 3. The number of carbonyl (C=O) groups excluding carboxylic acids is 2. The van der Waals surface area contributed by atoms with Crippen molar-refractivity contribution in [2.75, 3.05) is 11.9 Å². The van der Waals surface area contributed by atoms with E-state index in [0.717, 1.165) is 12.8 Å². The number of aromatic nitrogens is 2. The summed E-state index contributed by atoms with van der Waals surface area (Å²) in [5.41, 5.74) is 1.06. The number of carbonyl (C=O) groups is 2. The number of pyridine rings is 2. The van der Waals surface area contributed by atoms with E-state index in [4.69, 9.17) is 0 Å². The largest absolute Gasteiger partial charge is 0.350 e. The Balaban J connectivity index is 1.59. The molecule has 1 aromatic carbocycles. The summed E-state index contributed by atoms with van der Waals surface area (Å²) < 4.78 is 0. The highest BCUT2D eigenvalue weighted by atomic mass is 16.2. The summed E-state index contributed by atoms with van der Waals surface area (Å²) in [6, 6.07) is 11.7. The number of hydrogen-bond acceptors (Lipinski definition) is 4. The fourth-order valence-corrected chi connectivity index (χ4v) is 3.26. The van der Waals surface area contributed by atoms with Crippen LogP contribution in [0.1, 0.15) is 40.1 Å². The molecule has 2 amide bonds. The standard InChI is InChI=1S/C21H20N4O3/c26-18-9-8-17(19(25-18)21(28)23-12-13-4-3-5-13)24-20(27)15-10-11-22-16-7-2-1-6-14(15)16/h1-2,6-11,13H,3-5,12H2,(H,23,28)(H,24,27)(H,25,26). The number of H-pyrrole nitrogens is 1. The van der Waals surface area contributed by atoms with Crippen LogP contribution in [0.15, 0.2) is 53.5 Å². The zero-order chi connectivity index (χ0) is 19.5. The first kappa shape index (κ1) is 17.9. The Bertz CT molecular complexity index is 1100. The summed E-state index contributed by atoms with van der Waals surface area (Å²) in [7, 11) is 0. The molecule has 0 bridgehead atoms. The third-order valence-corrected chi connectivity index (χ3v) is 5.06. The van der Waals surface area contributed by atoms with Crippen molar-refractivity contribution < 1.29 is 9.59 Å². The summed E-state index contributed by atoms with van der Waals surface area (Å²) in [6.07, 6.45) is 4.95. The minimum Gasteiger partial charge on any atom is -0.350 e. The van der Waals surface area contributed by atoms with E-state index in [1.165, 1.54) is 18.6 Å². The number of fused-ring (bicyclic) bond motifs is 1. The van der Waals surface area contributed by atoms with E-state index in [0.29, 0.717) is 28.9 Å². The van der Waals surface area contributed by atoms with Crippen molar-refractivity contribution in [3.8, 4) is 0 Å². The summed E-state index contributed by atoms with van der Waals surface area (Å²) in [6.45, 7) is 0.568. The zero-order valence-corrected chi connectivity index (χ0v) is 15.2. The molecule has 1 aliphatic carbocycles. The second-order valence-electron chi connectivity index (χ2n) is 6.95. The van der Waals surface area contributed by atoms with E-state index >= 15 is 0 Å². The van der Waals surface area contributed by atoms with Crippen LogP contribution in [0.25, 0.3) is 10.9 Å². The average molecular weight is 376 g/mol.